The van der Waals surface area contributed by atoms with Crippen LogP contribution in [0.4, 0.5) is 11.6 Å². The van der Waals surface area contributed by atoms with Gasteiger partial charge in [-0.25, -0.2) is 9.97 Å². The summed E-state index contributed by atoms with van der Waals surface area (Å²) in [6, 6.07) is 1.50. The van der Waals surface area contributed by atoms with Crippen molar-refractivity contribution in [3.05, 3.63) is 6.07 Å². The Balaban J connectivity index is 1.88. The molecule has 6 nitrogen and oxygen atoms in total. The van der Waals surface area contributed by atoms with E-state index in [2.05, 4.69) is 9.97 Å². The summed E-state index contributed by atoms with van der Waals surface area (Å²) >= 11 is 1.28. The summed E-state index contributed by atoms with van der Waals surface area (Å²) < 4.78 is 0. The fourth-order valence-corrected chi connectivity index (χ4v) is 2.84. The molecule has 4 N–H and O–H groups in total. The average molecular weight is 281 g/mol. The van der Waals surface area contributed by atoms with Crippen LogP contribution < -0.4 is 11.5 Å². The van der Waals surface area contributed by atoms with E-state index in [1.54, 1.807) is 0 Å². The second-order valence-electron chi connectivity index (χ2n) is 4.58. The van der Waals surface area contributed by atoms with E-state index in [1.807, 2.05) is 4.90 Å². The van der Waals surface area contributed by atoms with E-state index in [0.717, 1.165) is 25.9 Å². The van der Waals surface area contributed by atoms with Gasteiger partial charge in [-0.2, -0.15) is 0 Å². The lowest BCUT2D eigenvalue weighted by Gasteiger charge is -2.19. The van der Waals surface area contributed by atoms with Crippen molar-refractivity contribution in [2.45, 2.75) is 30.8 Å². The van der Waals surface area contributed by atoms with Gasteiger partial charge in [0.2, 0.25) is 5.91 Å². The lowest BCUT2D eigenvalue weighted by Crippen LogP contribution is -2.33. The molecule has 0 radical (unpaired) electrons. The molecule has 1 amide bonds. The minimum absolute atomic E-state index is 0.136. The van der Waals surface area contributed by atoms with Gasteiger partial charge in [-0.3, -0.25) is 4.79 Å². The first-order valence-corrected chi connectivity index (χ1v) is 7.44. The molecule has 0 spiro atoms. The Kier molecular flexibility index (Phi) is 4.84. The molecule has 19 heavy (non-hydrogen) atoms. The number of hydrogen-bond acceptors (Lipinski definition) is 6. The Morgan fingerprint density at radius 3 is 2.32 bits per heavy atom. The molecule has 0 unspecified atom stereocenters. The second kappa shape index (κ2) is 6.60. The number of thioether (sulfide) groups is 1. The number of nitrogens with zero attached hydrogens (tertiary/aromatic N) is 3. The van der Waals surface area contributed by atoms with Crippen LogP contribution in [-0.4, -0.2) is 39.6 Å². The number of carbonyl (C=O) groups is 1. The number of aromatic nitrogens is 2. The maximum absolute atomic E-state index is 12.1. The highest BCUT2D eigenvalue weighted by Gasteiger charge is 2.16. The van der Waals surface area contributed by atoms with E-state index in [-0.39, 0.29) is 5.91 Å². The smallest absolute Gasteiger partial charge is 0.233 e. The Morgan fingerprint density at radius 2 is 1.74 bits per heavy atom. The van der Waals surface area contributed by atoms with E-state index in [9.17, 15) is 4.79 Å². The van der Waals surface area contributed by atoms with Crippen molar-refractivity contribution in [3.63, 3.8) is 0 Å². The molecular formula is C12H19N5OS. The zero-order valence-corrected chi connectivity index (χ0v) is 11.7. The van der Waals surface area contributed by atoms with Gasteiger partial charge in [0.05, 0.1) is 5.75 Å². The SMILES string of the molecule is Nc1cc(N)nc(SCC(=O)N2CCCCCC2)n1. The molecule has 7 heteroatoms. The summed E-state index contributed by atoms with van der Waals surface area (Å²) in [5.74, 6) is 1.13. The molecule has 1 aromatic heterocycles. The Bertz CT molecular complexity index is 425. The lowest BCUT2D eigenvalue weighted by atomic mass is 10.2. The summed E-state index contributed by atoms with van der Waals surface area (Å²) in [5.41, 5.74) is 11.2. The van der Waals surface area contributed by atoms with Crippen molar-refractivity contribution in [2.24, 2.45) is 0 Å². The monoisotopic (exact) mass is 281 g/mol. The minimum atomic E-state index is 0.136. The zero-order chi connectivity index (χ0) is 13.7. The molecule has 0 saturated carbocycles. The van der Waals surface area contributed by atoms with Gasteiger partial charge in [-0.1, -0.05) is 24.6 Å². The van der Waals surface area contributed by atoms with E-state index in [1.165, 1.54) is 30.7 Å². The van der Waals surface area contributed by atoms with Crippen LogP contribution >= 0.6 is 11.8 Å². The molecule has 1 saturated heterocycles. The Labute approximate surface area is 117 Å². The van der Waals surface area contributed by atoms with Crippen LogP contribution in [0, 0.1) is 0 Å². The highest BCUT2D eigenvalue weighted by atomic mass is 32.2. The third kappa shape index (κ3) is 4.27. The van der Waals surface area contributed by atoms with Crippen LogP contribution in [0.25, 0.3) is 0 Å². The second-order valence-corrected chi connectivity index (χ2v) is 5.53. The molecule has 104 valence electrons. The molecular weight excluding hydrogens is 262 g/mol. The molecule has 2 rings (SSSR count). The highest BCUT2D eigenvalue weighted by Crippen LogP contribution is 2.18. The summed E-state index contributed by atoms with van der Waals surface area (Å²) in [7, 11) is 0. The molecule has 0 aliphatic carbocycles. The first kappa shape index (κ1) is 13.9. The zero-order valence-electron chi connectivity index (χ0n) is 10.8. The van der Waals surface area contributed by atoms with Crippen LogP contribution in [0.1, 0.15) is 25.7 Å². The standard InChI is InChI=1S/C12H19N5OS/c13-9-7-10(14)16-12(15-9)19-8-11(18)17-5-3-1-2-4-6-17/h7H,1-6,8H2,(H4,13,14,15,16). The summed E-state index contributed by atoms with van der Waals surface area (Å²) in [5, 5.41) is 0.459. The third-order valence-electron chi connectivity index (χ3n) is 3.03. The van der Waals surface area contributed by atoms with Gasteiger partial charge in [0, 0.05) is 19.2 Å². The van der Waals surface area contributed by atoms with Crippen molar-refractivity contribution in [1.29, 1.82) is 0 Å². The number of nitrogen functional groups attached to an aromatic ring is 2. The molecule has 0 aromatic carbocycles. The summed E-state index contributed by atoms with van der Waals surface area (Å²) in [6.07, 6.45) is 4.62. The normalized spacial score (nSPS) is 16.1. The quantitative estimate of drug-likeness (QED) is 0.636. The molecule has 1 aliphatic rings. The number of hydrogen-bond donors (Lipinski definition) is 2. The van der Waals surface area contributed by atoms with Crippen molar-refractivity contribution >= 4 is 29.3 Å². The van der Waals surface area contributed by atoms with Gasteiger partial charge in [-0.05, 0) is 12.8 Å². The van der Waals surface area contributed by atoms with E-state index in [4.69, 9.17) is 11.5 Å². The predicted octanol–water partition coefficient (Wildman–Crippen LogP) is 1.14. The van der Waals surface area contributed by atoms with Crippen molar-refractivity contribution in [2.75, 3.05) is 30.3 Å². The van der Waals surface area contributed by atoms with Gasteiger partial charge in [0.1, 0.15) is 11.6 Å². The highest BCUT2D eigenvalue weighted by molar-refractivity contribution is 7.99. The van der Waals surface area contributed by atoms with Crippen molar-refractivity contribution in [3.8, 4) is 0 Å². The number of anilines is 2. The fourth-order valence-electron chi connectivity index (χ4n) is 2.06. The van der Waals surface area contributed by atoms with Gasteiger partial charge in [0.15, 0.2) is 5.16 Å². The number of rotatable bonds is 3. The maximum Gasteiger partial charge on any atom is 0.233 e. The molecule has 1 fully saturated rings. The fraction of sp³-hybridized carbons (Fsp3) is 0.583. The average Bonchev–Trinajstić information content (AvgIpc) is 2.63. The molecule has 2 heterocycles. The van der Waals surface area contributed by atoms with Gasteiger partial charge < -0.3 is 16.4 Å². The van der Waals surface area contributed by atoms with Crippen LogP contribution in [-0.2, 0) is 4.79 Å². The number of carbonyl (C=O) groups excluding carboxylic acids is 1. The van der Waals surface area contributed by atoms with E-state index < -0.39 is 0 Å². The Hall–Kier alpha value is -1.50. The van der Waals surface area contributed by atoms with E-state index >= 15 is 0 Å². The van der Waals surface area contributed by atoms with Crippen LogP contribution in [0.15, 0.2) is 11.2 Å². The topological polar surface area (TPSA) is 98.1 Å². The summed E-state index contributed by atoms with van der Waals surface area (Å²) in [6.45, 7) is 1.72. The maximum atomic E-state index is 12.1. The van der Waals surface area contributed by atoms with Crippen molar-refractivity contribution < 1.29 is 4.79 Å². The van der Waals surface area contributed by atoms with Gasteiger partial charge >= 0.3 is 0 Å². The number of likely N-dealkylation sites (tertiary alicyclic amines) is 1. The largest absolute Gasteiger partial charge is 0.383 e. The molecule has 0 atom stereocenters. The van der Waals surface area contributed by atoms with Crippen LogP contribution in [0.3, 0.4) is 0 Å². The van der Waals surface area contributed by atoms with Gasteiger partial charge in [-0.15, -0.1) is 0 Å². The first-order valence-electron chi connectivity index (χ1n) is 6.46. The lowest BCUT2D eigenvalue weighted by molar-refractivity contribution is -0.128. The minimum Gasteiger partial charge on any atom is -0.383 e. The Morgan fingerprint density at radius 1 is 1.16 bits per heavy atom. The third-order valence-corrected chi connectivity index (χ3v) is 3.86. The van der Waals surface area contributed by atoms with Crippen LogP contribution in [0.5, 0.6) is 0 Å². The molecule has 1 aromatic rings. The molecule has 0 bridgehead atoms. The number of amides is 1. The van der Waals surface area contributed by atoms with E-state index in [0.29, 0.717) is 22.5 Å². The molecule has 1 aliphatic heterocycles. The van der Waals surface area contributed by atoms with Crippen molar-refractivity contribution in [1.82, 2.24) is 14.9 Å². The predicted molar refractivity (Wildman–Crippen MR) is 76.6 cm³/mol. The number of nitrogens with two attached hydrogens (primary N) is 2. The summed E-state index contributed by atoms with van der Waals surface area (Å²) in [4.78, 5) is 22.1. The van der Waals surface area contributed by atoms with Crippen LogP contribution in [0.2, 0.25) is 0 Å². The first-order chi connectivity index (χ1) is 9.15. The van der Waals surface area contributed by atoms with Gasteiger partial charge in [0.25, 0.3) is 0 Å².